The summed E-state index contributed by atoms with van der Waals surface area (Å²) in [6.45, 7) is 14.7. The highest BCUT2D eigenvalue weighted by Gasteiger charge is 2.65. The topological polar surface area (TPSA) is 26.3 Å². The first kappa shape index (κ1) is 15.1. The second-order valence-corrected chi connectivity index (χ2v) is 9.59. The van der Waals surface area contributed by atoms with Crippen LogP contribution in [0.1, 0.15) is 73.1 Å². The molecule has 4 rings (SSSR count). The first-order chi connectivity index (χ1) is 9.48. The smallest absolute Gasteiger partial charge is 0.333 e. The third kappa shape index (κ3) is 2.26. The first-order valence-electron chi connectivity index (χ1n) is 8.37. The molecule has 0 aliphatic heterocycles. The molecule has 4 aliphatic carbocycles. The fourth-order valence-electron chi connectivity index (χ4n) is 6.55. The van der Waals surface area contributed by atoms with Crippen LogP contribution in [0.15, 0.2) is 12.2 Å². The van der Waals surface area contributed by atoms with Crippen LogP contribution in [-0.4, -0.2) is 11.6 Å². The van der Waals surface area contributed by atoms with Crippen LogP contribution in [0.5, 0.6) is 0 Å². The van der Waals surface area contributed by atoms with Gasteiger partial charge in [0.2, 0.25) is 0 Å². The van der Waals surface area contributed by atoms with E-state index >= 15 is 0 Å². The highest BCUT2D eigenvalue weighted by molar-refractivity contribution is 5.87. The molecule has 2 nitrogen and oxygen atoms in total. The minimum absolute atomic E-state index is 0.154. The van der Waals surface area contributed by atoms with Crippen LogP contribution in [0.4, 0.5) is 0 Å². The van der Waals surface area contributed by atoms with Gasteiger partial charge in [-0.05, 0) is 76.0 Å². The lowest BCUT2D eigenvalue weighted by atomic mass is 9.38. The van der Waals surface area contributed by atoms with Gasteiger partial charge in [0.1, 0.15) is 5.60 Å². The third-order valence-corrected chi connectivity index (χ3v) is 6.60. The van der Waals surface area contributed by atoms with Gasteiger partial charge in [-0.25, -0.2) is 4.79 Å². The molecule has 0 radical (unpaired) electrons. The maximum absolute atomic E-state index is 12.1. The summed E-state index contributed by atoms with van der Waals surface area (Å²) in [7, 11) is 0. The molecule has 4 aliphatic rings. The van der Waals surface area contributed by atoms with Gasteiger partial charge in [-0.3, -0.25) is 0 Å². The summed E-state index contributed by atoms with van der Waals surface area (Å²) in [5.74, 6) is 0.588. The Morgan fingerprint density at radius 2 is 1.62 bits per heavy atom. The molecule has 0 saturated heterocycles. The van der Waals surface area contributed by atoms with Gasteiger partial charge in [-0.15, -0.1) is 0 Å². The molecule has 0 heterocycles. The van der Waals surface area contributed by atoms with E-state index in [1.165, 1.54) is 38.5 Å². The molecule has 2 unspecified atom stereocenters. The van der Waals surface area contributed by atoms with Crippen molar-refractivity contribution < 1.29 is 9.53 Å². The SMILES string of the molecule is C=C(C)C(=O)OC(C)(C)C12CC3CC(C)(CC(C)(C3)C1)C2. The van der Waals surface area contributed by atoms with Crippen molar-refractivity contribution in [2.24, 2.45) is 22.2 Å². The monoisotopic (exact) mass is 290 g/mol. The largest absolute Gasteiger partial charge is 0.456 e. The molecule has 0 amide bonds. The van der Waals surface area contributed by atoms with Gasteiger partial charge in [-0.2, -0.15) is 0 Å². The van der Waals surface area contributed by atoms with E-state index in [0.717, 1.165) is 5.92 Å². The average molecular weight is 290 g/mol. The Bertz CT molecular complexity index is 484. The van der Waals surface area contributed by atoms with Crippen LogP contribution in [0.3, 0.4) is 0 Å². The van der Waals surface area contributed by atoms with Crippen LogP contribution < -0.4 is 0 Å². The van der Waals surface area contributed by atoms with Gasteiger partial charge in [0.25, 0.3) is 0 Å². The molecule has 2 heteroatoms. The first-order valence-corrected chi connectivity index (χ1v) is 8.37. The molecular weight excluding hydrogens is 260 g/mol. The number of hydrogen-bond donors (Lipinski definition) is 0. The fourth-order valence-corrected chi connectivity index (χ4v) is 6.55. The van der Waals surface area contributed by atoms with E-state index in [0.29, 0.717) is 16.4 Å². The number of ether oxygens (including phenoxy) is 1. The van der Waals surface area contributed by atoms with Crippen LogP contribution in [0.2, 0.25) is 0 Å². The van der Waals surface area contributed by atoms with Crippen molar-refractivity contribution in [1.82, 2.24) is 0 Å². The van der Waals surface area contributed by atoms with Gasteiger partial charge in [-0.1, -0.05) is 20.4 Å². The molecule has 0 aromatic rings. The Morgan fingerprint density at radius 3 is 2.05 bits per heavy atom. The predicted octanol–water partition coefficient (Wildman–Crippen LogP) is 4.88. The van der Waals surface area contributed by atoms with E-state index in [4.69, 9.17) is 4.74 Å². The molecule has 4 saturated carbocycles. The molecular formula is C19H30O2. The van der Waals surface area contributed by atoms with E-state index < -0.39 is 5.60 Å². The van der Waals surface area contributed by atoms with Crippen LogP contribution >= 0.6 is 0 Å². The number of hydrogen-bond acceptors (Lipinski definition) is 2. The summed E-state index contributed by atoms with van der Waals surface area (Å²) >= 11 is 0. The predicted molar refractivity (Wildman–Crippen MR) is 84.8 cm³/mol. The van der Waals surface area contributed by atoms with Gasteiger partial charge < -0.3 is 4.74 Å². The average Bonchev–Trinajstić information content (AvgIpc) is 2.22. The third-order valence-electron chi connectivity index (χ3n) is 6.60. The number of rotatable bonds is 3. The number of esters is 1. The zero-order valence-corrected chi connectivity index (χ0v) is 14.3. The van der Waals surface area contributed by atoms with Crippen molar-refractivity contribution in [3.05, 3.63) is 12.2 Å². The minimum Gasteiger partial charge on any atom is -0.456 e. The van der Waals surface area contributed by atoms with E-state index in [9.17, 15) is 4.79 Å². The Kier molecular flexibility index (Phi) is 2.98. The van der Waals surface area contributed by atoms with Gasteiger partial charge >= 0.3 is 5.97 Å². The standard InChI is InChI=1S/C19H30O2/c1-13(2)15(20)21-16(3,4)19-9-14-7-17(5,11-19)10-18(6,8-14)12-19/h14H,1,7-12H2,2-6H3. The van der Waals surface area contributed by atoms with Crippen LogP contribution in [-0.2, 0) is 9.53 Å². The van der Waals surface area contributed by atoms with E-state index in [-0.39, 0.29) is 11.4 Å². The molecule has 0 aromatic carbocycles. The summed E-state index contributed by atoms with van der Waals surface area (Å²) < 4.78 is 5.94. The van der Waals surface area contributed by atoms with Crippen LogP contribution in [0, 0.1) is 22.2 Å². The van der Waals surface area contributed by atoms with Crippen molar-refractivity contribution in [2.75, 3.05) is 0 Å². The highest BCUT2D eigenvalue weighted by atomic mass is 16.6. The van der Waals surface area contributed by atoms with Crippen molar-refractivity contribution in [3.63, 3.8) is 0 Å². The van der Waals surface area contributed by atoms with Crippen molar-refractivity contribution in [2.45, 2.75) is 78.7 Å². The second kappa shape index (κ2) is 4.14. The molecule has 4 fully saturated rings. The molecule has 118 valence electrons. The fraction of sp³-hybridized carbons (Fsp3) is 0.842. The molecule has 2 atom stereocenters. The lowest BCUT2D eigenvalue weighted by Gasteiger charge is -2.68. The second-order valence-electron chi connectivity index (χ2n) is 9.59. The quantitative estimate of drug-likeness (QED) is 0.547. The Hall–Kier alpha value is -0.790. The maximum atomic E-state index is 12.1. The van der Waals surface area contributed by atoms with Crippen molar-refractivity contribution >= 4 is 5.97 Å². The highest BCUT2D eigenvalue weighted by Crippen LogP contribution is 2.72. The summed E-state index contributed by atoms with van der Waals surface area (Å²) in [6.07, 6.45) is 7.74. The molecule has 0 N–H and O–H groups in total. The molecule has 21 heavy (non-hydrogen) atoms. The maximum Gasteiger partial charge on any atom is 0.333 e. The minimum atomic E-state index is -0.398. The molecule has 4 bridgehead atoms. The zero-order chi connectivity index (χ0) is 15.7. The molecule has 0 spiro atoms. The van der Waals surface area contributed by atoms with Gasteiger partial charge in [0.15, 0.2) is 0 Å². The number of carbonyl (C=O) groups is 1. The van der Waals surface area contributed by atoms with Crippen LogP contribution in [0.25, 0.3) is 0 Å². The summed E-state index contributed by atoms with van der Waals surface area (Å²) in [5, 5.41) is 0. The van der Waals surface area contributed by atoms with Crippen molar-refractivity contribution in [1.29, 1.82) is 0 Å². The van der Waals surface area contributed by atoms with E-state index in [1.807, 2.05) is 0 Å². The summed E-state index contributed by atoms with van der Waals surface area (Å²) in [5.41, 5.74) is 1.15. The van der Waals surface area contributed by atoms with Gasteiger partial charge in [0, 0.05) is 11.0 Å². The normalized spacial score (nSPS) is 44.7. The zero-order valence-electron chi connectivity index (χ0n) is 14.3. The summed E-state index contributed by atoms with van der Waals surface area (Å²) in [6, 6.07) is 0. The molecule has 0 aromatic heterocycles. The van der Waals surface area contributed by atoms with E-state index in [1.54, 1.807) is 6.92 Å². The van der Waals surface area contributed by atoms with E-state index in [2.05, 4.69) is 34.3 Å². The lowest BCUT2D eigenvalue weighted by molar-refractivity contribution is -0.226. The lowest BCUT2D eigenvalue weighted by Crippen LogP contribution is -2.62. The number of carbonyl (C=O) groups excluding carboxylic acids is 1. The summed E-state index contributed by atoms with van der Waals surface area (Å²) in [4.78, 5) is 12.1. The Balaban J connectivity index is 1.93. The van der Waals surface area contributed by atoms with Crippen molar-refractivity contribution in [3.8, 4) is 0 Å². The van der Waals surface area contributed by atoms with Gasteiger partial charge in [0.05, 0.1) is 0 Å². The Labute approximate surface area is 129 Å². The Morgan fingerprint density at radius 1 is 1.10 bits per heavy atom.